The summed E-state index contributed by atoms with van der Waals surface area (Å²) >= 11 is 12.1. The van der Waals surface area contributed by atoms with Gasteiger partial charge in [-0.3, -0.25) is 5.10 Å². The van der Waals surface area contributed by atoms with E-state index in [4.69, 9.17) is 23.2 Å². The van der Waals surface area contributed by atoms with Gasteiger partial charge in [-0.25, -0.2) is 4.79 Å². The van der Waals surface area contributed by atoms with Crippen molar-refractivity contribution in [1.29, 1.82) is 0 Å². The zero-order valence-corrected chi connectivity index (χ0v) is 14.2. The van der Waals surface area contributed by atoms with E-state index in [0.29, 0.717) is 10.0 Å². The molecule has 2 amide bonds. The number of aromatic nitrogens is 2. The smallest absolute Gasteiger partial charge is 0.315 e. The highest BCUT2D eigenvalue weighted by Crippen LogP contribution is 2.26. The lowest BCUT2D eigenvalue weighted by Gasteiger charge is -2.24. The number of fused-ring (bicyclic) bond motifs is 1. The Morgan fingerprint density at radius 1 is 1.43 bits per heavy atom. The number of benzene rings is 1. The van der Waals surface area contributed by atoms with E-state index in [1.165, 1.54) is 11.3 Å². The van der Waals surface area contributed by atoms with Gasteiger partial charge in [0.05, 0.1) is 12.2 Å². The molecule has 7 heteroatoms. The molecule has 0 radical (unpaired) electrons. The van der Waals surface area contributed by atoms with Crippen molar-refractivity contribution in [2.75, 3.05) is 0 Å². The number of nitrogens with one attached hydrogen (secondary N) is 3. The van der Waals surface area contributed by atoms with Crippen molar-refractivity contribution in [3.63, 3.8) is 0 Å². The number of hydrogen-bond donors (Lipinski definition) is 3. The number of nitrogens with zero attached hydrogens (tertiary/aromatic N) is 1. The number of urea groups is 1. The molecule has 0 aliphatic heterocycles. The SMILES string of the molecule is C[C@@H](NC(=O)NC1CCc2[nH]ncc2C1)c1ccc(Cl)cc1Cl. The molecular weight excluding hydrogens is 335 g/mol. The molecule has 2 aromatic rings. The molecule has 0 bridgehead atoms. The van der Waals surface area contributed by atoms with Crippen LogP contribution in [0, 0.1) is 0 Å². The quantitative estimate of drug-likeness (QED) is 0.789. The van der Waals surface area contributed by atoms with Crippen molar-refractivity contribution in [1.82, 2.24) is 20.8 Å². The van der Waals surface area contributed by atoms with Crippen molar-refractivity contribution in [3.05, 3.63) is 51.3 Å². The Balaban J connectivity index is 1.57. The summed E-state index contributed by atoms with van der Waals surface area (Å²) in [6.07, 6.45) is 4.43. The Kier molecular flexibility index (Phi) is 4.78. The lowest BCUT2D eigenvalue weighted by Crippen LogP contribution is -2.45. The van der Waals surface area contributed by atoms with E-state index in [1.807, 2.05) is 19.2 Å². The van der Waals surface area contributed by atoms with Gasteiger partial charge in [0, 0.05) is 21.8 Å². The fraction of sp³-hybridized carbons (Fsp3) is 0.375. The maximum atomic E-state index is 12.2. The lowest BCUT2D eigenvalue weighted by atomic mass is 9.94. The number of aryl methyl sites for hydroxylation is 1. The first-order chi connectivity index (χ1) is 11.0. The van der Waals surface area contributed by atoms with Crippen LogP contribution in [0.1, 0.15) is 36.2 Å². The van der Waals surface area contributed by atoms with Gasteiger partial charge in [0.2, 0.25) is 0 Å². The van der Waals surface area contributed by atoms with Gasteiger partial charge in [-0.1, -0.05) is 29.3 Å². The van der Waals surface area contributed by atoms with Gasteiger partial charge in [0.25, 0.3) is 0 Å². The van der Waals surface area contributed by atoms with E-state index in [2.05, 4.69) is 20.8 Å². The molecule has 23 heavy (non-hydrogen) atoms. The van der Waals surface area contributed by atoms with E-state index >= 15 is 0 Å². The van der Waals surface area contributed by atoms with Crippen LogP contribution in [0.2, 0.25) is 10.0 Å². The predicted molar refractivity (Wildman–Crippen MR) is 90.9 cm³/mol. The molecule has 3 rings (SSSR count). The maximum Gasteiger partial charge on any atom is 0.315 e. The first kappa shape index (κ1) is 16.1. The largest absolute Gasteiger partial charge is 0.335 e. The van der Waals surface area contributed by atoms with Gasteiger partial charge < -0.3 is 10.6 Å². The monoisotopic (exact) mass is 352 g/mol. The minimum Gasteiger partial charge on any atom is -0.335 e. The number of amides is 2. The zero-order valence-electron chi connectivity index (χ0n) is 12.7. The average molecular weight is 353 g/mol. The summed E-state index contributed by atoms with van der Waals surface area (Å²) in [5.74, 6) is 0. The van der Waals surface area contributed by atoms with E-state index in [-0.39, 0.29) is 18.1 Å². The number of aromatic amines is 1. The molecule has 0 fully saturated rings. The standard InChI is InChI=1S/C16H18Cl2N4O/c1-9(13-4-2-11(17)7-14(13)18)20-16(23)21-12-3-5-15-10(6-12)8-19-22-15/h2,4,7-9,12H,3,5-6H2,1H3,(H,19,22)(H2,20,21,23)/t9-,12?/m1/s1. The first-order valence-corrected chi connectivity index (χ1v) is 8.31. The van der Waals surface area contributed by atoms with Crippen molar-refractivity contribution in [2.24, 2.45) is 0 Å². The summed E-state index contributed by atoms with van der Waals surface area (Å²) in [6, 6.07) is 4.99. The van der Waals surface area contributed by atoms with E-state index < -0.39 is 0 Å². The van der Waals surface area contributed by atoms with Crippen LogP contribution in [-0.2, 0) is 12.8 Å². The molecule has 5 nitrogen and oxygen atoms in total. The van der Waals surface area contributed by atoms with Crippen LogP contribution in [-0.4, -0.2) is 22.3 Å². The fourth-order valence-corrected chi connectivity index (χ4v) is 3.47. The molecule has 1 heterocycles. The maximum absolute atomic E-state index is 12.2. The summed E-state index contributed by atoms with van der Waals surface area (Å²) < 4.78 is 0. The van der Waals surface area contributed by atoms with Crippen LogP contribution in [0.5, 0.6) is 0 Å². The van der Waals surface area contributed by atoms with Crippen LogP contribution in [0.3, 0.4) is 0 Å². The fourth-order valence-electron chi connectivity index (χ4n) is 2.89. The van der Waals surface area contributed by atoms with E-state index in [9.17, 15) is 4.79 Å². The summed E-state index contributed by atoms with van der Waals surface area (Å²) in [4.78, 5) is 12.2. The van der Waals surface area contributed by atoms with Gasteiger partial charge in [-0.15, -0.1) is 0 Å². The van der Waals surface area contributed by atoms with Crippen molar-refractivity contribution >= 4 is 29.2 Å². The third-order valence-electron chi connectivity index (χ3n) is 4.13. The number of carbonyl (C=O) groups excluding carboxylic acids is 1. The third-order valence-corrected chi connectivity index (χ3v) is 4.69. The molecule has 1 aliphatic rings. The highest BCUT2D eigenvalue weighted by Gasteiger charge is 2.22. The molecule has 0 saturated heterocycles. The molecule has 122 valence electrons. The van der Waals surface area contributed by atoms with Crippen LogP contribution >= 0.6 is 23.2 Å². The van der Waals surface area contributed by atoms with Crippen molar-refractivity contribution < 1.29 is 4.79 Å². The molecule has 1 unspecified atom stereocenters. The van der Waals surface area contributed by atoms with Gasteiger partial charge in [-0.05, 0) is 49.4 Å². The number of halogens is 2. The second-order valence-electron chi connectivity index (χ2n) is 5.82. The highest BCUT2D eigenvalue weighted by molar-refractivity contribution is 6.35. The second-order valence-corrected chi connectivity index (χ2v) is 6.66. The van der Waals surface area contributed by atoms with Crippen LogP contribution in [0.4, 0.5) is 4.79 Å². The number of hydrogen-bond acceptors (Lipinski definition) is 2. The topological polar surface area (TPSA) is 69.8 Å². The molecule has 0 saturated carbocycles. The molecule has 3 N–H and O–H groups in total. The Labute approximate surface area is 144 Å². The Bertz CT molecular complexity index is 716. The molecule has 0 spiro atoms. The van der Waals surface area contributed by atoms with Gasteiger partial charge in [-0.2, -0.15) is 5.10 Å². The Hall–Kier alpha value is -1.72. The highest BCUT2D eigenvalue weighted by atomic mass is 35.5. The van der Waals surface area contributed by atoms with E-state index in [0.717, 1.165) is 24.8 Å². The van der Waals surface area contributed by atoms with Crippen LogP contribution in [0.25, 0.3) is 0 Å². The van der Waals surface area contributed by atoms with Crippen molar-refractivity contribution in [2.45, 2.75) is 38.3 Å². The van der Waals surface area contributed by atoms with Gasteiger partial charge in [0.15, 0.2) is 0 Å². The summed E-state index contributed by atoms with van der Waals surface area (Å²) in [5.41, 5.74) is 3.19. The molecule has 1 aliphatic carbocycles. The predicted octanol–water partition coefficient (Wildman–Crippen LogP) is 3.63. The van der Waals surface area contributed by atoms with Crippen LogP contribution < -0.4 is 10.6 Å². The zero-order chi connectivity index (χ0) is 16.4. The minimum absolute atomic E-state index is 0.119. The molecule has 1 aromatic carbocycles. The lowest BCUT2D eigenvalue weighted by molar-refractivity contribution is 0.232. The van der Waals surface area contributed by atoms with Gasteiger partial charge >= 0.3 is 6.03 Å². The average Bonchev–Trinajstić information content (AvgIpc) is 2.94. The molecular formula is C16H18Cl2N4O. The molecule has 2 atom stereocenters. The Morgan fingerprint density at radius 3 is 3.04 bits per heavy atom. The number of H-pyrrole nitrogens is 1. The molecule has 1 aromatic heterocycles. The van der Waals surface area contributed by atoms with Gasteiger partial charge in [0.1, 0.15) is 0 Å². The second kappa shape index (κ2) is 6.81. The summed E-state index contributed by atoms with van der Waals surface area (Å²) in [7, 11) is 0. The van der Waals surface area contributed by atoms with Crippen LogP contribution in [0.15, 0.2) is 24.4 Å². The third kappa shape index (κ3) is 3.79. The first-order valence-electron chi connectivity index (χ1n) is 7.56. The van der Waals surface area contributed by atoms with Crippen molar-refractivity contribution in [3.8, 4) is 0 Å². The number of carbonyl (C=O) groups is 1. The summed E-state index contributed by atoms with van der Waals surface area (Å²) in [5, 5.41) is 14.1. The Morgan fingerprint density at radius 2 is 2.26 bits per heavy atom. The normalized spacial score (nSPS) is 18.1. The summed E-state index contributed by atoms with van der Waals surface area (Å²) in [6.45, 7) is 1.89. The minimum atomic E-state index is -0.201. The number of rotatable bonds is 3. The van der Waals surface area contributed by atoms with E-state index in [1.54, 1.807) is 12.1 Å².